The fourth-order valence-electron chi connectivity index (χ4n) is 2.59. The number of hydrogen-bond acceptors (Lipinski definition) is 4. The second kappa shape index (κ2) is 9.79. The van der Waals surface area contributed by atoms with E-state index in [1.165, 1.54) is 0 Å². The summed E-state index contributed by atoms with van der Waals surface area (Å²) in [6.45, 7) is 1.20. The van der Waals surface area contributed by atoms with Crippen LogP contribution in [0.1, 0.15) is 17.2 Å². The van der Waals surface area contributed by atoms with Gasteiger partial charge in [-0.15, -0.1) is 0 Å². The van der Waals surface area contributed by atoms with Crippen LogP contribution in [0.25, 0.3) is 0 Å². The Kier molecular flexibility index (Phi) is 7.72. The molecule has 3 N–H and O–H groups in total. The summed E-state index contributed by atoms with van der Waals surface area (Å²) in [5, 5.41) is 23.0. The highest BCUT2D eigenvalue weighted by Gasteiger charge is 2.12. The fraction of sp³-hybridized carbons (Fsp3) is 0.368. The second-order valence-electron chi connectivity index (χ2n) is 5.81. The molecule has 1 unspecified atom stereocenters. The van der Waals surface area contributed by atoms with E-state index in [9.17, 15) is 10.2 Å². The van der Waals surface area contributed by atoms with Crippen molar-refractivity contribution >= 4 is 15.9 Å². The maximum Gasteiger partial charge on any atom is 0.133 e. The van der Waals surface area contributed by atoms with Crippen LogP contribution in [0.5, 0.6) is 5.75 Å². The lowest BCUT2D eigenvalue weighted by Crippen LogP contribution is -2.30. The average molecular weight is 394 g/mol. The number of hydrogen-bond donors (Lipinski definition) is 3. The molecule has 0 radical (unpaired) electrons. The van der Waals surface area contributed by atoms with Gasteiger partial charge in [-0.3, -0.25) is 0 Å². The zero-order valence-corrected chi connectivity index (χ0v) is 15.4. The van der Waals surface area contributed by atoms with E-state index in [-0.39, 0.29) is 12.5 Å². The summed E-state index contributed by atoms with van der Waals surface area (Å²) in [4.78, 5) is 0. The minimum atomic E-state index is -0.541. The summed E-state index contributed by atoms with van der Waals surface area (Å²) in [6, 6.07) is 15.5. The van der Waals surface area contributed by atoms with Gasteiger partial charge in [0.05, 0.1) is 17.7 Å². The van der Waals surface area contributed by atoms with E-state index >= 15 is 0 Å². The van der Waals surface area contributed by atoms with Crippen LogP contribution in [-0.2, 0) is 6.42 Å². The first-order valence-electron chi connectivity index (χ1n) is 8.01. The van der Waals surface area contributed by atoms with E-state index < -0.39 is 6.10 Å². The summed E-state index contributed by atoms with van der Waals surface area (Å²) in [5.41, 5.74) is 2.02. The molecule has 0 aliphatic carbocycles. The van der Waals surface area contributed by atoms with Crippen molar-refractivity contribution in [2.45, 2.75) is 12.5 Å². The average Bonchev–Trinajstić information content (AvgIpc) is 2.61. The highest BCUT2D eigenvalue weighted by Crippen LogP contribution is 2.26. The van der Waals surface area contributed by atoms with Crippen LogP contribution in [0.2, 0.25) is 0 Å². The van der Waals surface area contributed by atoms with Crippen LogP contribution >= 0.6 is 15.9 Å². The first kappa shape index (κ1) is 18.9. The van der Waals surface area contributed by atoms with E-state index in [1.54, 1.807) is 7.11 Å². The highest BCUT2D eigenvalue weighted by atomic mass is 79.9. The summed E-state index contributed by atoms with van der Waals surface area (Å²) >= 11 is 3.48. The zero-order chi connectivity index (χ0) is 17.4. The Hall–Kier alpha value is -1.40. The predicted octanol–water partition coefficient (Wildman–Crippen LogP) is 2.93. The van der Waals surface area contributed by atoms with Crippen LogP contribution in [0.15, 0.2) is 53.0 Å². The van der Waals surface area contributed by atoms with Gasteiger partial charge in [0.25, 0.3) is 0 Å². The molecule has 0 heterocycles. The summed E-state index contributed by atoms with van der Waals surface area (Å²) in [7, 11) is 1.64. The van der Waals surface area contributed by atoms with Gasteiger partial charge in [0, 0.05) is 19.7 Å². The lowest BCUT2D eigenvalue weighted by atomic mass is 9.99. The molecule has 5 heteroatoms. The van der Waals surface area contributed by atoms with Gasteiger partial charge in [0.1, 0.15) is 5.75 Å². The van der Waals surface area contributed by atoms with Crippen LogP contribution < -0.4 is 10.1 Å². The van der Waals surface area contributed by atoms with Crippen molar-refractivity contribution in [3.05, 3.63) is 64.1 Å². The fourth-order valence-corrected chi connectivity index (χ4v) is 3.18. The first-order chi connectivity index (χ1) is 11.6. The number of halogens is 1. The molecule has 2 atom stereocenters. The monoisotopic (exact) mass is 393 g/mol. The van der Waals surface area contributed by atoms with Crippen LogP contribution in [-0.4, -0.2) is 37.0 Å². The van der Waals surface area contributed by atoms with E-state index in [4.69, 9.17) is 4.74 Å². The Labute approximate surface area is 151 Å². The van der Waals surface area contributed by atoms with Crippen LogP contribution in [0.4, 0.5) is 0 Å². The van der Waals surface area contributed by atoms with Gasteiger partial charge >= 0.3 is 0 Å². The third-order valence-electron chi connectivity index (χ3n) is 3.95. The molecule has 2 aromatic rings. The smallest absolute Gasteiger partial charge is 0.133 e. The second-order valence-corrected chi connectivity index (χ2v) is 6.66. The molecular formula is C19H24BrNO3. The molecule has 0 aliphatic heterocycles. The van der Waals surface area contributed by atoms with Crippen molar-refractivity contribution in [2.24, 2.45) is 5.92 Å². The van der Waals surface area contributed by atoms with E-state index in [0.29, 0.717) is 13.1 Å². The molecule has 0 aliphatic rings. The lowest BCUT2D eigenvalue weighted by molar-refractivity contribution is 0.166. The summed E-state index contributed by atoms with van der Waals surface area (Å²) < 4.78 is 6.14. The van der Waals surface area contributed by atoms with Gasteiger partial charge in [-0.05, 0) is 51.5 Å². The van der Waals surface area contributed by atoms with Crippen molar-refractivity contribution in [1.82, 2.24) is 5.32 Å². The zero-order valence-electron chi connectivity index (χ0n) is 13.8. The SMILES string of the molecule is COc1ccc(CC(CO)CNC[C@H](O)c2ccccc2)cc1Br. The number of ether oxygens (including phenoxy) is 1. The number of aliphatic hydroxyl groups excluding tert-OH is 2. The topological polar surface area (TPSA) is 61.7 Å². The lowest BCUT2D eigenvalue weighted by Gasteiger charge is -2.18. The van der Waals surface area contributed by atoms with Crippen LogP contribution in [0.3, 0.4) is 0 Å². The minimum Gasteiger partial charge on any atom is -0.496 e. The molecule has 4 nitrogen and oxygen atoms in total. The Balaban J connectivity index is 1.83. The molecule has 0 saturated heterocycles. The Bertz CT molecular complexity index is 621. The number of nitrogens with one attached hydrogen (secondary N) is 1. The van der Waals surface area contributed by atoms with Crippen LogP contribution in [0, 0.1) is 5.92 Å². The molecule has 0 aromatic heterocycles. The van der Waals surface area contributed by atoms with Crippen molar-refractivity contribution in [3.63, 3.8) is 0 Å². The number of benzene rings is 2. The Morgan fingerprint density at radius 3 is 2.50 bits per heavy atom. The van der Waals surface area contributed by atoms with Gasteiger partial charge in [-0.1, -0.05) is 36.4 Å². The molecule has 0 fully saturated rings. The number of methoxy groups -OCH3 is 1. The van der Waals surface area contributed by atoms with E-state index in [2.05, 4.69) is 21.2 Å². The maximum atomic E-state index is 10.1. The van der Waals surface area contributed by atoms with Crippen molar-refractivity contribution in [1.29, 1.82) is 0 Å². The van der Waals surface area contributed by atoms with Crippen molar-refractivity contribution < 1.29 is 14.9 Å². The number of rotatable bonds is 9. The summed E-state index contributed by atoms with van der Waals surface area (Å²) in [6.07, 6.45) is 0.216. The molecule has 2 aromatic carbocycles. The van der Waals surface area contributed by atoms with Gasteiger partial charge in [0.15, 0.2) is 0 Å². The molecule has 0 spiro atoms. The molecular weight excluding hydrogens is 370 g/mol. The third-order valence-corrected chi connectivity index (χ3v) is 4.57. The van der Waals surface area contributed by atoms with E-state index in [0.717, 1.165) is 27.8 Å². The molecule has 130 valence electrons. The minimum absolute atomic E-state index is 0.0910. The first-order valence-corrected chi connectivity index (χ1v) is 8.80. The molecule has 0 amide bonds. The Morgan fingerprint density at radius 2 is 1.88 bits per heavy atom. The highest BCUT2D eigenvalue weighted by molar-refractivity contribution is 9.10. The molecule has 2 rings (SSSR count). The van der Waals surface area contributed by atoms with Gasteiger partial charge < -0.3 is 20.3 Å². The van der Waals surface area contributed by atoms with Crippen molar-refractivity contribution in [2.75, 3.05) is 26.8 Å². The van der Waals surface area contributed by atoms with Gasteiger partial charge in [0.2, 0.25) is 0 Å². The predicted molar refractivity (Wildman–Crippen MR) is 99.2 cm³/mol. The molecule has 0 bridgehead atoms. The standard InChI is InChI=1S/C19H24BrNO3/c1-24-19-8-7-14(10-17(19)20)9-15(13-22)11-21-12-18(23)16-5-3-2-4-6-16/h2-8,10,15,18,21-23H,9,11-13H2,1H3/t15?,18-/m0/s1. The number of aliphatic hydroxyl groups is 2. The third kappa shape index (κ3) is 5.60. The largest absolute Gasteiger partial charge is 0.496 e. The molecule has 24 heavy (non-hydrogen) atoms. The quantitative estimate of drug-likeness (QED) is 0.612. The van der Waals surface area contributed by atoms with Crippen molar-refractivity contribution in [3.8, 4) is 5.75 Å². The molecule has 0 saturated carbocycles. The normalized spacial score (nSPS) is 13.5. The summed E-state index contributed by atoms with van der Waals surface area (Å²) in [5.74, 6) is 0.886. The van der Waals surface area contributed by atoms with E-state index in [1.807, 2.05) is 48.5 Å². The van der Waals surface area contributed by atoms with Gasteiger partial charge in [-0.2, -0.15) is 0 Å². The maximum absolute atomic E-state index is 10.1. The Morgan fingerprint density at radius 1 is 1.12 bits per heavy atom. The van der Waals surface area contributed by atoms with Gasteiger partial charge in [-0.25, -0.2) is 0 Å².